The fourth-order valence-corrected chi connectivity index (χ4v) is 5.53. The molecule has 1 aliphatic carbocycles. The zero-order valence-corrected chi connectivity index (χ0v) is 22.1. The Morgan fingerprint density at radius 1 is 1.20 bits per heavy atom. The standard InChI is InChI=1S/C28H42O7/c1-14(2)9-8-10-15(3)20-12-11-16(4)22-21(20)13-17(5)26(23(22)30)35-28-25(32)24(31)27(18(6)33-28)34-19(7)29/h9,13,15-16,18,20,24-25,27-28,30-32H,8,10-12H2,1-7H3/t15-,16-,18-,20+,24+,25+,27+,28-/m0/s1. The maximum Gasteiger partial charge on any atom is 0.303 e. The Morgan fingerprint density at radius 3 is 2.51 bits per heavy atom. The summed E-state index contributed by atoms with van der Waals surface area (Å²) in [6, 6.07) is 2.10. The van der Waals surface area contributed by atoms with Crippen molar-refractivity contribution in [2.75, 3.05) is 0 Å². The molecule has 7 heteroatoms. The molecular formula is C28H42O7. The molecule has 3 N–H and O–H groups in total. The van der Waals surface area contributed by atoms with Gasteiger partial charge in [-0.05, 0) is 82.3 Å². The number of phenols is 1. The van der Waals surface area contributed by atoms with Gasteiger partial charge in [0.15, 0.2) is 17.6 Å². The number of hydrogen-bond acceptors (Lipinski definition) is 7. The van der Waals surface area contributed by atoms with Gasteiger partial charge in [0.25, 0.3) is 0 Å². The van der Waals surface area contributed by atoms with Gasteiger partial charge in [-0.25, -0.2) is 0 Å². The molecule has 1 saturated heterocycles. The van der Waals surface area contributed by atoms with Crippen LogP contribution in [0.3, 0.4) is 0 Å². The summed E-state index contributed by atoms with van der Waals surface area (Å²) in [6.07, 6.45) is 0.709. The van der Waals surface area contributed by atoms with Crippen molar-refractivity contribution < 1.29 is 34.3 Å². The number of phenolic OH excluding ortho intramolecular Hbond substituents is 1. The SMILES string of the molecule is CC(=O)O[C@H]1[C@H](O)[C@@H](O)[C@H](Oc2c(C)cc3c(c2O)[C@@H](C)CC[C@@H]3[C@@H](C)CCC=C(C)C)O[C@H]1C. The van der Waals surface area contributed by atoms with E-state index in [-0.39, 0.29) is 17.4 Å². The topological polar surface area (TPSA) is 105 Å². The number of benzene rings is 1. The van der Waals surface area contributed by atoms with Crippen LogP contribution in [-0.4, -0.2) is 52.0 Å². The summed E-state index contributed by atoms with van der Waals surface area (Å²) in [5.74, 6) is 0.757. The van der Waals surface area contributed by atoms with Crippen LogP contribution in [0.15, 0.2) is 17.7 Å². The van der Waals surface area contributed by atoms with Gasteiger partial charge in [0.1, 0.15) is 12.2 Å². The van der Waals surface area contributed by atoms with Crippen LogP contribution in [0.25, 0.3) is 0 Å². The van der Waals surface area contributed by atoms with E-state index >= 15 is 0 Å². The Bertz CT molecular complexity index is 936. The van der Waals surface area contributed by atoms with Gasteiger partial charge in [-0.1, -0.05) is 31.6 Å². The molecule has 0 amide bonds. The number of carbonyl (C=O) groups is 1. The third-order valence-electron chi connectivity index (χ3n) is 7.49. The summed E-state index contributed by atoms with van der Waals surface area (Å²) in [5.41, 5.74) is 4.14. The molecule has 0 radical (unpaired) electrons. The van der Waals surface area contributed by atoms with Crippen molar-refractivity contribution in [3.8, 4) is 11.5 Å². The summed E-state index contributed by atoms with van der Waals surface area (Å²) in [7, 11) is 0. The lowest BCUT2D eigenvalue weighted by atomic mass is 9.70. The van der Waals surface area contributed by atoms with Crippen molar-refractivity contribution in [1.29, 1.82) is 0 Å². The molecule has 8 atom stereocenters. The fraction of sp³-hybridized carbons (Fsp3) is 0.679. The van der Waals surface area contributed by atoms with Gasteiger partial charge < -0.3 is 29.5 Å². The number of rotatable bonds is 7. The summed E-state index contributed by atoms with van der Waals surface area (Å²) in [6.45, 7) is 13.4. The number of carbonyl (C=O) groups excluding carboxylic acids is 1. The molecule has 2 aliphatic rings. The number of esters is 1. The first kappa shape index (κ1) is 27.5. The minimum absolute atomic E-state index is 0.0775. The quantitative estimate of drug-likeness (QED) is 0.371. The first-order chi connectivity index (χ1) is 16.4. The highest BCUT2D eigenvalue weighted by molar-refractivity contribution is 5.66. The lowest BCUT2D eigenvalue weighted by Crippen LogP contribution is -2.59. The predicted octanol–water partition coefficient (Wildman–Crippen LogP) is 4.84. The first-order valence-corrected chi connectivity index (χ1v) is 12.8. The van der Waals surface area contributed by atoms with E-state index in [1.54, 1.807) is 6.92 Å². The van der Waals surface area contributed by atoms with Gasteiger partial charge in [-0.2, -0.15) is 0 Å². The molecule has 7 nitrogen and oxygen atoms in total. The van der Waals surface area contributed by atoms with E-state index in [9.17, 15) is 20.1 Å². The van der Waals surface area contributed by atoms with Crippen LogP contribution in [0.2, 0.25) is 0 Å². The average molecular weight is 491 g/mol. The van der Waals surface area contributed by atoms with Crippen LogP contribution in [-0.2, 0) is 14.3 Å². The molecule has 1 fully saturated rings. The molecular weight excluding hydrogens is 448 g/mol. The van der Waals surface area contributed by atoms with E-state index in [2.05, 4.69) is 39.8 Å². The monoisotopic (exact) mass is 490 g/mol. The van der Waals surface area contributed by atoms with E-state index in [0.717, 1.165) is 36.8 Å². The van der Waals surface area contributed by atoms with Crippen molar-refractivity contribution in [2.24, 2.45) is 5.92 Å². The number of hydrogen-bond donors (Lipinski definition) is 3. The third kappa shape index (κ3) is 6.01. The van der Waals surface area contributed by atoms with E-state index in [1.165, 1.54) is 18.1 Å². The molecule has 3 rings (SSSR count). The third-order valence-corrected chi connectivity index (χ3v) is 7.49. The van der Waals surface area contributed by atoms with Crippen LogP contribution in [0.1, 0.15) is 95.8 Å². The Hall–Kier alpha value is -2.09. The van der Waals surface area contributed by atoms with E-state index in [4.69, 9.17) is 14.2 Å². The number of aromatic hydroxyl groups is 1. The second-order valence-electron chi connectivity index (χ2n) is 10.7. The van der Waals surface area contributed by atoms with Gasteiger partial charge in [0, 0.05) is 12.5 Å². The molecule has 0 bridgehead atoms. The molecule has 1 aliphatic heterocycles. The molecule has 1 aromatic carbocycles. The Kier molecular flexibility index (Phi) is 8.89. The van der Waals surface area contributed by atoms with Gasteiger partial charge in [0.05, 0.1) is 6.10 Å². The number of fused-ring (bicyclic) bond motifs is 1. The smallest absolute Gasteiger partial charge is 0.303 e. The van der Waals surface area contributed by atoms with Crippen molar-refractivity contribution in [3.05, 3.63) is 34.4 Å². The Balaban J connectivity index is 1.86. The van der Waals surface area contributed by atoms with Crippen molar-refractivity contribution in [3.63, 3.8) is 0 Å². The number of ether oxygens (including phenoxy) is 3. The van der Waals surface area contributed by atoms with E-state index < -0.39 is 36.7 Å². The molecule has 0 spiro atoms. The van der Waals surface area contributed by atoms with Crippen LogP contribution in [0, 0.1) is 12.8 Å². The number of aliphatic hydroxyl groups excluding tert-OH is 2. The van der Waals surface area contributed by atoms with Crippen molar-refractivity contribution >= 4 is 5.97 Å². The van der Waals surface area contributed by atoms with Crippen molar-refractivity contribution in [2.45, 2.75) is 117 Å². The maximum absolute atomic E-state index is 11.4. The first-order valence-electron chi connectivity index (χ1n) is 12.8. The largest absolute Gasteiger partial charge is 0.504 e. The van der Waals surface area contributed by atoms with Gasteiger partial charge >= 0.3 is 5.97 Å². The lowest BCUT2D eigenvalue weighted by molar-refractivity contribution is -0.272. The molecule has 35 heavy (non-hydrogen) atoms. The highest BCUT2D eigenvalue weighted by Gasteiger charge is 2.46. The highest BCUT2D eigenvalue weighted by atomic mass is 16.7. The maximum atomic E-state index is 11.4. The summed E-state index contributed by atoms with van der Waals surface area (Å²) in [5, 5.41) is 32.5. The van der Waals surface area contributed by atoms with Crippen LogP contribution < -0.4 is 4.74 Å². The highest BCUT2D eigenvalue weighted by Crippen LogP contribution is 2.51. The van der Waals surface area contributed by atoms with Crippen LogP contribution in [0.5, 0.6) is 11.5 Å². The van der Waals surface area contributed by atoms with Gasteiger partial charge in [-0.15, -0.1) is 0 Å². The summed E-state index contributed by atoms with van der Waals surface area (Å²) >= 11 is 0. The zero-order valence-electron chi connectivity index (χ0n) is 22.1. The molecule has 0 unspecified atom stereocenters. The van der Waals surface area contributed by atoms with Crippen LogP contribution in [0.4, 0.5) is 0 Å². The number of aryl methyl sites for hydroxylation is 1. The second kappa shape index (κ2) is 11.3. The normalized spacial score (nSPS) is 31.3. The van der Waals surface area contributed by atoms with Gasteiger partial charge in [0.2, 0.25) is 6.29 Å². The summed E-state index contributed by atoms with van der Waals surface area (Å²) in [4.78, 5) is 11.4. The summed E-state index contributed by atoms with van der Waals surface area (Å²) < 4.78 is 16.9. The molecule has 0 aromatic heterocycles. The predicted molar refractivity (Wildman–Crippen MR) is 134 cm³/mol. The van der Waals surface area contributed by atoms with Crippen molar-refractivity contribution in [1.82, 2.24) is 0 Å². The molecule has 1 aromatic rings. The number of allylic oxidation sites excluding steroid dienone is 2. The van der Waals surface area contributed by atoms with Gasteiger partial charge in [-0.3, -0.25) is 4.79 Å². The minimum Gasteiger partial charge on any atom is -0.504 e. The fourth-order valence-electron chi connectivity index (χ4n) is 5.53. The van der Waals surface area contributed by atoms with E-state index in [1.807, 2.05) is 6.92 Å². The minimum atomic E-state index is -1.45. The van der Waals surface area contributed by atoms with E-state index in [0.29, 0.717) is 11.8 Å². The second-order valence-corrected chi connectivity index (χ2v) is 10.7. The lowest BCUT2D eigenvalue weighted by Gasteiger charge is -2.41. The zero-order chi connectivity index (χ0) is 26.0. The molecule has 196 valence electrons. The molecule has 0 saturated carbocycles. The Morgan fingerprint density at radius 2 is 1.89 bits per heavy atom. The van der Waals surface area contributed by atoms with Crippen LogP contribution >= 0.6 is 0 Å². The average Bonchev–Trinajstić information content (AvgIpc) is 2.76. The number of aliphatic hydroxyl groups is 2. The Labute approximate surface area is 209 Å². The molecule has 1 heterocycles.